The molecule has 2 N–H and O–H groups in total. The van der Waals surface area contributed by atoms with Gasteiger partial charge in [0.25, 0.3) is 0 Å². The number of hydrogen-bond donors (Lipinski definition) is 2. The molecule has 3 heteroatoms. The van der Waals surface area contributed by atoms with Crippen LogP contribution >= 0.6 is 0 Å². The van der Waals surface area contributed by atoms with Gasteiger partial charge in [0.05, 0.1) is 0 Å². The van der Waals surface area contributed by atoms with E-state index in [1.54, 1.807) is 6.07 Å². The van der Waals surface area contributed by atoms with Crippen LogP contribution in [0.2, 0.25) is 0 Å². The van der Waals surface area contributed by atoms with Gasteiger partial charge >= 0.3 is 0 Å². The average molecular weight is 202 g/mol. The van der Waals surface area contributed by atoms with Gasteiger partial charge in [-0.2, -0.15) is 0 Å². The Morgan fingerprint density at radius 2 is 2.27 bits per heavy atom. The third-order valence-electron chi connectivity index (χ3n) is 3.15. The molecule has 2 aromatic rings. The van der Waals surface area contributed by atoms with E-state index in [1.807, 2.05) is 12.1 Å². The molecule has 1 aromatic heterocycles. The first kappa shape index (κ1) is 8.80. The molecular formula is C12H14N2O. The number of benzene rings is 1. The van der Waals surface area contributed by atoms with Gasteiger partial charge < -0.3 is 15.0 Å². The molecule has 0 fully saturated rings. The van der Waals surface area contributed by atoms with Gasteiger partial charge in [0.15, 0.2) is 0 Å². The van der Waals surface area contributed by atoms with Crippen LogP contribution in [0, 0.1) is 0 Å². The van der Waals surface area contributed by atoms with E-state index >= 15 is 0 Å². The molecule has 0 saturated carbocycles. The van der Waals surface area contributed by atoms with Crippen LogP contribution in [0.25, 0.3) is 10.9 Å². The molecule has 1 aliphatic heterocycles. The molecule has 15 heavy (non-hydrogen) atoms. The molecule has 1 aromatic carbocycles. The van der Waals surface area contributed by atoms with E-state index in [0.29, 0.717) is 5.75 Å². The van der Waals surface area contributed by atoms with Crippen molar-refractivity contribution < 1.29 is 5.11 Å². The molecule has 3 nitrogen and oxygen atoms in total. The number of likely N-dealkylation sites (N-methyl/N-ethyl adjacent to an activating group) is 1. The van der Waals surface area contributed by atoms with Crippen LogP contribution in [0.3, 0.4) is 0 Å². The Kier molecular flexibility index (Phi) is 1.76. The lowest BCUT2D eigenvalue weighted by atomic mass is 10.1. The lowest BCUT2D eigenvalue weighted by Gasteiger charge is -2.22. The number of phenols is 1. The third kappa shape index (κ3) is 1.31. The molecule has 0 radical (unpaired) electrons. The van der Waals surface area contributed by atoms with Gasteiger partial charge in [-0.1, -0.05) is 0 Å². The van der Waals surface area contributed by atoms with Crippen molar-refractivity contribution in [3.05, 3.63) is 29.5 Å². The Balaban J connectivity index is 2.25. The number of H-pyrrole nitrogens is 1. The topological polar surface area (TPSA) is 39.3 Å². The summed E-state index contributed by atoms with van der Waals surface area (Å²) >= 11 is 0. The molecule has 0 bridgehead atoms. The number of phenolic OH excluding ortho intramolecular Hbond substituents is 1. The SMILES string of the molecule is CN1CCc2[nH]c3ccc(O)cc3c2C1. The third-order valence-corrected chi connectivity index (χ3v) is 3.15. The number of aromatic hydroxyl groups is 1. The van der Waals surface area contributed by atoms with Crippen molar-refractivity contribution in [2.24, 2.45) is 0 Å². The molecule has 0 unspecified atom stereocenters. The lowest BCUT2D eigenvalue weighted by molar-refractivity contribution is 0.313. The summed E-state index contributed by atoms with van der Waals surface area (Å²) in [5.74, 6) is 0.345. The Morgan fingerprint density at radius 3 is 3.13 bits per heavy atom. The molecule has 0 aliphatic carbocycles. The number of hydrogen-bond acceptors (Lipinski definition) is 2. The predicted molar refractivity (Wildman–Crippen MR) is 60.0 cm³/mol. The second-order valence-electron chi connectivity index (χ2n) is 4.30. The molecule has 1 aliphatic rings. The van der Waals surface area contributed by atoms with Gasteiger partial charge in [-0.05, 0) is 30.8 Å². The fourth-order valence-corrected chi connectivity index (χ4v) is 2.34. The Hall–Kier alpha value is -1.48. The maximum Gasteiger partial charge on any atom is 0.116 e. The first-order valence-corrected chi connectivity index (χ1v) is 5.25. The number of nitrogens with zero attached hydrogens (tertiary/aromatic N) is 1. The van der Waals surface area contributed by atoms with E-state index in [4.69, 9.17) is 0 Å². The second-order valence-corrected chi connectivity index (χ2v) is 4.30. The molecule has 0 spiro atoms. The molecule has 2 heterocycles. The summed E-state index contributed by atoms with van der Waals surface area (Å²) in [7, 11) is 2.13. The van der Waals surface area contributed by atoms with E-state index in [1.165, 1.54) is 11.3 Å². The summed E-state index contributed by atoms with van der Waals surface area (Å²) in [5.41, 5.74) is 3.80. The van der Waals surface area contributed by atoms with E-state index in [9.17, 15) is 5.11 Å². The van der Waals surface area contributed by atoms with Crippen LogP contribution in [0.15, 0.2) is 18.2 Å². The molecule has 0 saturated heterocycles. The summed E-state index contributed by atoms with van der Waals surface area (Å²) in [6.07, 6.45) is 1.07. The Morgan fingerprint density at radius 1 is 1.40 bits per heavy atom. The Bertz CT molecular complexity index is 516. The van der Waals surface area contributed by atoms with E-state index in [-0.39, 0.29) is 0 Å². The minimum absolute atomic E-state index is 0.345. The van der Waals surface area contributed by atoms with Crippen molar-refractivity contribution in [3.8, 4) is 5.75 Å². The monoisotopic (exact) mass is 202 g/mol. The van der Waals surface area contributed by atoms with Crippen molar-refractivity contribution >= 4 is 10.9 Å². The van der Waals surface area contributed by atoms with Gasteiger partial charge in [0.1, 0.15) is 5.75 Å². The fraction of sp³-hybridized carbons (Fsp3) is 0.333. The lowest BCUT2D eigenvalue weighted by Crippen LogP contribution is -2.25. The van der Waals surface area contributed by atoms with Crippen molar-refractivity contribution in [2.75, 3.05) is 13.6 Å². The fourth-order valence-electron chi connectivity index (χ4n) is 2.34. The van der Waals surface area contributed by atoms with Gasteiger partial charge in [0, 0.05) is 36.1 Å². The van der Waals surface area contributed by atoms with Crippen LogP contribution in [0.1, 0.15) is 11.3 Å². The molecule has 0 amide bonds. The zero-order valence-electron chi connectivity index (χ0n) is 8.75. The highest BCUT2D eigenvalue weighted by Crippen LogP contribution is 2.29. The first-order valence-electron chi connectivity index (χ1n) is 5.25. The second kappa shape index (κ2) is 3.00. The molecular weight excluding hydrogens is 188 g/mol. The number of aromatic amines is 1. The highest BCUT2D eigenvalue weighted by atomic mass is 16.3. The van der Waals surface area contributed by atoms with E-state index < -0.39 is 0 Å². The quantitative estimate of drug-likeness (QED) is 0.684. The average Bonchev–Trinajstić information content (AvgIpc) is 2.56. The van der Waals surface area contributed by atoms with E-state index in [0.717, 1.165) is 30.4 Å². The summed E-state index contributed by atoms with van der Waals surface area (Å²) in [5, 5.41) is 10.7. The number of nitrogens with one attached hydrogen (secondary N) is 1. The maximum atomic E-state index is 9.49. The summed E-state index contributed by atoms with van der Waals surface area (Å²) in [6, 6.07) is 5.53. The van der Waals surface area contributed by atoms with Crippen LogP contribution in [-0.4, -0.2) is 28.6 Å². The number of rotatable bonds is 0. The van der Waals surface area contributed by atoms with Gasteiger partial charge in [-0.25, -0.2) is 0 Å². The van der Waals surface area contributed by atoms with Crippen LogP contribution in [-0.2, 0) is 13.0 Å². The predicted octanol–water partition coefficient (Wildman–Crippen LogP) is 1.86. The van der Waals surface area contributed by atoms with Gasteiger partial charge in [-0.3, -0.25) is 0 Å². The minimum atomic E-state index is 0.345. The molecule has 3 rings (SSSR count). The summed E-state index contributed by atoms with van der Waals surface area (Å²) < 4.78 is 0. The normalized spacial score (nSPS) is 16.9. The van der Waals surface area contributed by atoms with Gasteiger partial charge in [0.2, 0.25) is 0 Å². The molecule has 0 atom stereocenters. The number of fused-ring (bicyclic) bond motifs is 3. The van der Waals surface area contributed by atoms with Crippen molar-refractivity contribution in [1.29, 1.82) is 0 Å². The smallest absolute Gasteiger partial charge is 0.116 e. The summed E-state index contributed by atoms with van der Waals surface area (Å²) in [4.78, 5) is 5.73. The molecule has 78 valence electrons. The van der Waals surface area contributed by atoms with Crippen LogP contribution in [0.4, 0.5) is 0 Å². The maximum absolute atomic E-state index is 9.49. The number of aromatic nitrogens is 1. The largest absolute Gasteiger partial charge is 0.508 e. The standard InChI is InChI=1S/C12H14N2O/c1-14-5-4-12-10(7-14)9-6-8(15)2-3-11(9)13-12/h2-3,6,13,15H,4-5,7H2,1H3. The highest BCUT2D eigenvalue weighted by molar-refractivity contribution is 5.86. The van der Waals surface area contributed by atoms with Crippen molar-refractivity contribution in [2.45, 2.75) is 13.0 Å². The van der Waals surface area contributed by atoms with E-state index in [2.05, 4.69) is 16.9 Å². The van der Waals surface area contributed by atoms with Crippen molar-refractivity contribution in [1.82, 2.24) is 9.88 Å². The zero-order valence-corrected chi connectivity index (χ0v) is 8.75. The van der Waals surface area contributed by atoms with Crippen LogP contribution in [0.5, 0.6) is 5.75 Å². The Labute approximate surface area is 88.3 Å². The first-order chi connectivity index (χ1) is 7.24. The summed E-state index contributed by atoms with van der Waals surface area (Å²) in [6.45, 7) is 2.07. The van der Waals surface area contributed by atoms with Crippen molar-refractivity contribution in [3.63, 3.8) is 0 Å². The minimum Gasteiger partial charge on any atom is -0.508 e. The highest BCUT2D eigenvalue weighted by Gasteiger charge is 2.18. The zero-order chi connectivity index (χ0) is 10.4. The van der Waals surface area contributed by atoms with Gasteiger partial charge in [-0.15, -0.1) is 0 Å². The van der Waals surface area contributed by atoms with Crippen LogP contribution < -0.4 is 0 Å².